The minimum Gasteiger partial charge on any atom is -0.497 e. The van der Waals surface area contributed by atoms with Gasteiger partial charge in [0, 0.05) is 36.0 Å². The van der Waals surface area contributed by atoms with Crippen molar-refractivity contribution < 1.29 is 23.4 Å². The van der Waals surface area contributed by atoms with Crippen molar-refractivity contribution in [2.24, 2.45) is 0 Å². The van der Waals surface area contributed by atoms with Crippen molar-refractivity contribution in [2.75, 3.05) is 19.5 Å². The first-order valence-electron chi connectivity index (χ1n) is 9.50. The second kappa shape index (κ2) is 9.75. The van der Waals surface area contributed by atoms with Gasteiger partial charge in [0.1, 0.15) is 17.3 Å². The van der Waals surface area contributed by atoms with E-state index in [0.29, 0.717) is 29.3 Å². The summed E-state index contributed by atoms with van der Waals surface area (Å²) in [6.07, 6.45) is -0.520. The van der Waals surface area contributed by atoms with Crippen molar-refractivity contribution in [2.45, 2.75) is 19.4 Å². The lowest BCUT2D eigenvalue weighted by Crippen LogP contribution is -2.33. The maximum atomic E-state index is 13.2. The number of anilines is 1. The molecule has 3 rings (SSSR count). The minimum absolute atomic E-state index is 0.0779. The molecule has 2 aromatic carbocycles. The van der Waals surface area contributed by atoms with Gasteiger partial charge in [0.15, 0.2) is 6.10 Å². The van der Waals surface area contributed by atoms with Crippen LogP contribution in [0, 0.1) is 5.82 Å². The average Bonchev–Trinajstić information content (AvgIpc) is 2.78. The lowest BCUT2D eigenvalue weighted by atomic mass is 10.2. The molecule has 0 radical (unpaired) electrons. The molecule has 8 nitrogen and oxygen atoms in total. The minimum atomic E-state index is -0.871. The standard InChI is InChI=1S/C22H22FN3O5/c1-4-19(22(28)24-15-11-17(29-2)13-18(12-15)30-3)31-20-9-10-21(27)26(25-20)16-7-5-14(23)6-8-16/h5-13,19H,4H2,1-3H3,(H,24,28)/t19-/m1/s1. The lowest BCUT2D eigenvalue weighted by molar-refractivity contribution is -0.123. The van der Waals surface area contributed by atoms with Crippen LogP contribution in [0.3, 0.4) is 0 Å². The van der Waals surface area contributed by atoms with Gasteiger partial charge >= 0.3 is 0 Å². The number of aromatic nitrogens is 2. The van der Waals surface area contributed by atoms with Crippen LogP contribution in [0.25, 0.3) is 5.69 Å². The summed E-state index contributed by atoms with van der Waals surface area (Å²) >= 11 is 0. The molecule has 162 valence electrons. The lowest BCUT2D eigenvalue weighted by Gasteiger charge is -2.18. The topological polar surface area (TPSA) is 91.7 Å². The van der Waals surface area contributed by atoms with Crippen molar-refractivity contribution in [3.8, 4) is 23.1 Å². The molecule has 9 heteroatoms. The van der Waals surface area contributed by atoms with Crippen LogP contribution in [0.2, 0.25) is 0 Å². The number of nitrogens with zero attached hydrogens (tertiary/aromatic N) is 2. The van der Waals surface area contributed by atoms with Gasteiger partial charge in [-0.25, -0.2) is 4.39 Å². The van der Waals surface area contributed by atoms with Crippen LogP contribution in [0.1, 0.15) is 13.3 Å². The zero-order valence-corrected chi connectivity index (χ0v) is 17.3. The molecular formula is C22H22FN3O5. The highest BCUT2D eigenvalue weighted by Crippen LogP contribution is 2.26. The monoisotopic (exact) mass is 427 g/mol. The van der Waals surface area contributed by atoms with Gasteiger partial charge in [-0.2, -0.15) is 4.68 Å². The maximum absolute atomic E-state index is 13.2. The zero-order chi connectivity index (χ0) is 22.4. The number of halogens is 1. The van der Waals surface area contributed by atoms with Gasteiger partial charge in [-0.3, -0.25) is 9.59 Å². The predicted octanol–water partition coefficient (Wildman–Crippen LogP) is 3.18. The Hall–Kier alpha value is -3.88. The number of methoxy groups -OCH3 is 2. The number of hydrogen-bond donors (Lipinski definition) is 1. The molecule has 0 unspecified atom stereocenters. The molecule has 0 aliphatic rings. The van der Waals surface area contributed by atoms with Gasteiger partial charge in [0.05, 0.1) is 19.9 Å². The van der Waals surface area contributed by atoms with Crippen LogP contribution in [0.15, 0.2) is 59.4 Å². The van der Waals surface area contributed by atoms with E-state index in [0.717, 1.165) is 4.68 Å². The van der Waals surface area contributed by atoms with Crippen molar-refractivity contribution >= 4 is 11.6 Å². The van der Waals surface area contributed by atoms with Gasteiger partial charge in [0.25, 0.3) is 11.5 Å². The van der Waals surface area contributed by atoms with Crippen molar-refractivity contribution in [1.82, 2.24) is 9.78 Å². The first-order valence-corrected chi connectivity index (χ1v) is 9.50. The smallest absolute Gasteiger partial charge is 0.271 e. The summed E-state index contributed by atoms with van der Waals surface area (Å²) in [6.45, 7) is 1.78. The first kappa shape index (κ1) is 21.8. The van der Waals surface area contributed by atoms with Crippen LogP contribution >= 0.6 is 0 Å². The molecule has 3 aromatic rings. The fourth-order valence-corrected chi connectivity index (χ4v) is 2.79. The van der Waals surface area contributed by atoms with Gasteiger partial charge in [-0.1, -0.05) is 6.92 Å². The Bertz CT molecular complexity index is 1090. The number of rotatable bonds is 8. The number of hydrogen-bond acceptors (Lipinski definition) is 6. The highest BCUT2D eigenvalue weighted by molar-refractivity contribution is 5.94. The first-order chi connectivity index (χ1) is 14.9. The van der Waals surface area contributed by atoms with E-state index < -0.39 is 23.4 Å². The Balaban J connectivity index is 1.79. The molecule has 1 N–H and O–H groups in total. The van der Waals surface area contributed by atoms with Gasteiger partial charge in [0.2, 0.25) is 5.88 Å². The second-order valence-corrected chi connectivity index (χ2v) is 6.50. The summed E-state index contributed by atoms with van der Waals surface area (Å²) in [5.74, 6) is 0.294. The Kier molecular flexibility index (Phi) is 6.86. The maximum Gasteiger partial charge on any atom is 0.271 e. The molecule has 1 heterocycles. The van der Waals surface area contributed by atoms with Crippen molar-refractivity contribution in [1.29, 1.82) is 0 Å². The summed E-state index contributed by atoms with van der Waals surface area (Å²) in [4.78, 5) is 24.9. The number of nitrogens with one attached hydrogen (secondary N) is 1. The molecule has 0 aliphatic heterocycles. The van der Waals surface area contributed by atoms with Crippen LogP contribution in [-0.4, -0.2) is 36.0 Å². The molecule has 0 spiro atoms. The van der Waals surface area contributed by atoms with Gasteiger partial charge < -0.3 is 19.5 Å². The van der Waals surface area contributed by atoms with E-state index in [1.54, 1.807) is 25.1 Å². The van der Waals surface area contributed by atoms with E-state index in [2.05, 4.69) is 10.4 Å². The third-order valence-corrected chi connectivity index (χ3v) is 4.39. The zero-order valence-electron chi connectivity index (χ0n) is 17.3. The molecule has 31 heavy (non-hydrogen) atoms. The van der Waals surface area contributed by atoms with E-state index in [1.165, 1.54) is 50.6 Å². The number of ether oxygens (including phenoxy) is 3. The molecule has 0 bridgehead atoms. The molecule has 1 amide bonds. The van der Waals surface area contributed by atoms with Gasteiger partial charge in [-0.05, 0) is 30.7 Å². The number of benzene rings is 2. The van der Waals surface area contributed by atoms with Crippen molar-refractivity contribution in [3.05, 3.63) is 70.8 Å². The fraction of sp³-hybridized carbons (Fsp3) is 0.227. The molecule has 0 aliphatic carbocycles. The number of amides is 1. The van der Waals surface area contributed by atoms with Crippen molar-refractivity contribution in [3.63, 3.8) is 0 Å². The molecule has 1 aromatic heterocycles. The third-order valence-electron chi connectivity index (χ3n) is 4.39. The van der Waals surface area contributed by atoms with E-state index >= 15 is 0 Å². The third kappa shape index (κ3) is 5.39. The Morgan fingerprint density at radius 1 is 1.06 bits per heavy atom. The summed E-state index contributed by atoms with van der Waals surface area (Å²) in [6, 6.07) is 12.9. The van der Waals surface area contributed by atoms with E-state index in [4.69, 9.17) is 14.2 Å². The highest BCUT2D eigenvalue weighted by atomic mass is 19.1. The molecular weight excluding hydrogens is 405 g/mol. The normalized spacial score (nSPS) is 11.5. The number of carbonyl (C=O) groups excluding carboxylic acids is 1. The number of carbonyl (C=O) groups is 1. The molecule has 0 saturated carbocycles. The van der Waals surface area contributed by atoms with Crippen LogP contribution in [0.4, 0.5) is 10.1 Å². The molecule has 0 saturated heterocycles. The largest absolute Gasteiger partial charge is 0.497 e. The Morgan fingerprint density at radius 2 is 1.71 bits per heavy atom. The summed E-state index contributed by atoms with van der Waals surface area (Å²) < 4.78 is 30.4. The SMILES string of the molecule is CC[C@@H](Oc1ccc(=O)n(-c2ccc(F)cc2)n1)C(=O)Nc1cc(OC)cc(OC)c1. The van der Waals surface area contributed by atoms with Crippen LogP contribution in [0.5, 0.6) is 17.4 Å². The summed E-state index contributed by atoms with van der Waals surface area (Å²) in [5, 5.41) is 6.91. The van der Waals surface area contributed by atoms with E-state index in [1.807, 2.05) is 0 Å². The quantitative estimate of drug-likeness (QED) is 0.594. The highest BCUT2D eigenvalue weighted by Gasteiger charge is 2.20. The average molecular weight is 427 g/mol. The van der Waals surface area contributed by atoms with Crippen LogP contribution < -0.4 is 25.1 Å². The fourth-order valence-electron chi connectivity index (χ4n) is 2.79. The van der Waals surface area contributed by atoms with E-state index in [-0.39, 0.29) is 5.88 Å². The molecule has 0 fully saturated rings. The second-order valence-electron chi connectivity index (χ2n) is 6.50. The Labute approximate surface area is 178 Å². The van der Waals surface area contributed by atoms with E-state index in [9.17, 15) is 14.0 Å². The molecule has 1 atom stereocenters. The van der Waals surface area contributed by atoms with Crippen LogP contribution in [-0.2, 0) is 4.79 Å². The Morgan fingerprint density at radius 3 is 2.29 bits per heavy atom. The summed E-state index contributed by atoms with van der Waals surface area (Å²) in [7, 11) is 3.03. The van der Waals surface area contributed by atoms with Gasteiger partial charge in [-0.15, -0.1) is 5.10 Å². The predicted molar refractivity (Wildman–Crippen MR) is 113 cm³/mol. The summed E-state index contributed by atoms with van der Waals surface area (Å²) in [5.41, 5.74) is 0.435.